The molecule has 1 aliphatic carbocycles. The van der Waals surface area contributed by atoms with Crippen LogP contribution in [0.3, 0.4) is 0 Å². The molecule has 1 aliphatic heterocycles. The molecule has 1 aromatic heterocycles. The summed E-state index contributed by atoms with van der Waals surface area (Å²) in [5.41, 5.74) is 0.592. The summed E-state index contributed by atoms with van der Waals surface area (Å²) in [6.45, 7) is 0.283. The van der Waals surface area contributed by atoms with Gasteiger partial charge in [-0.05, 0) is 12.8 Å². The Hall–Kier alpha value is -1.06. The van der Waals surface area contributed by atoms with Gasteiger partial charge in [-0.2, -0.15) is 0 Å². The van der Waals surface area contributed by atoms with Crippen LogP contribution in [0, 0.1) is 0 Å². The fourth-order valence-electron chi connectivity index (χ4n) is 2.98. The zero-order chi connectivity index (χ0) is 15.7. The Morgan fingerprint density at radius 1 is 1.41 bits per heavy atom. The van der Waals surface area contributed by atoms with Gasteiger partial charge in [0.15, 0.2) is 0 Å². The van der Waals surface area contributed by atoms with E-state index in [1.165, 1.54) is 0 Å². The Bertz CT molecular complexity index is 504. The second kappa shape index (κ2) is 6.21. The number of rotatable bonds is 6. The van der Waals surface area contributed by atoms with Crippen molar-refractivity contribution in [3.8, 4) is 0 Å². The van der Waals surface area contributed by atoms with E-state index < -0.39 is 12.2 Å². The van der Waals surface area contributed by atoms with Crippen molar-refractivity contribution in [3.63, 3.8) is 0 Å². The second-order valence-corrected chi connectivity index (χ2v) is 6.24. The van der Waals surface area contributed by atoms with Crippen LogP contribution >= 0.6 is 0 Å². The van der Waals surface area contributed by atoms with Crippen molar-refractivity contribution in [2.24, 2.45) is 0 Å². The van der Waals surface area contributed by atoms with E-state index in [9.17, 15) is 15.3 Å². The molecule has 0 radical (unpaired) electrons. The minimum absolute atomic E-state index is 0.0884. The number of aromatic nitrogens is 3. The fraction of sp³-hybridized carbons (Fsp3) is 0.857. The minimum atomic E-state index is -0.735. The third-order valence-electron chi connectivity index (χ3n) is 4.76. The highest BCUT2D eigenvalue weighted by molar-refractivity contribution is 5.21. The van der Waals surface area contributed by atoms with Crippen molar-refractivity contribution in [1.82, 2.24) is 15.0 Å². The number of aliphatic hydroxyl groups excluding tert-OH is 3. The van der Waals surface area contributed by atoms with Crippen molar-refractivity contribution < 1.29 is 24.8 Å². The largest absolute Gasteiger partial charge is 0.395 e. The van der Waals surface area contributed by atoms with E-state index >= 15 is 0 Å². The molecule has 2 fully saturated rings. The maximum absolute atomic E-state index is 9.88. The van der Waals surface area contributed by atoms with E-state index in [4.69, 9.17) is 9.47 Å². The Kier molecular flexibility index (Phi) is 4.47. The van der Waals surface area contributed by atoms with E-state index in [1.807, 2.05) is 6.20 Å². The molecule has 1 saturated heterocycles. The highest BCUT2D eigenvalue weighted by Crippen LogP contribution is 2.46. The van der Waals surface area contributed by atoms with E-state index in [-0.39, 0.29) is 30.8 Å². The maximum Gasteiger partial charge on any atom is 0.107 e. The lowest BCUT2D eigenvalue weighted by molar-refractivity contribution is -0.190. The summed E-state index contributed by atoms with van der Waals surface area (Å²) in [7, 11) is 1.57. The van der Waals surface area contributed by atoms with Crippen LogP contribution < -0.4 is 0 Å². The molecule has 2 aliphatic rings. The number of aliphatic hydroxyl groups is 3. The van der Waals surface area contributed by atoms with Gasteiger partial charge in [-0.1, -0.05) is 5.21 Å². The van der Waals surface area contributed by atoms with Gasteiger partial charge in [-0.15, -0.1) is 5.10 Å². The number of hydrogen-bond acceptors (Lipinski definition) is 7. The highest BCUT2D eigenvalue weighted by atomic mass is 16.6. The molecule has 0 amide bonds. The molecule has 3 N–H and O–H groups in total. The first-order valence-electron chi connectivity index (χ1n) is 7.60. The van der Waals surface area contributed by atoms with Crippen LogP contribution in [-0.2, 0) is 21.4 Å². The Balaban J connectivity index is 1.68. The SMILES string of the molecule is COC1CC(O)C(CO)OC1Cn1cc(C2(CO)CC2)nn1. The molecule has 4 unspecified atom stereocenters. The first-order chi connectivity index (χ1) is 10.6. The van der Waals surface area contributed by atoms with Gasteiger partial charge in [-0.25, -0.2) is 4.68 Å². The smallest absolute Gasteiger partial charge is 0.107 e. The molecule has 8 heteroatoms. The summed E-state index contributed by atoms with van der Waals surface area (Å²) in [6.07, 6.45) is 2.19. The molecule has 0 bridgehead atoms. The van der Waals surface area contributed by atoms with Crippen LogP contribution in [0.5, 0.6) is 0 Å². The zero-order valence-corrected chi connectivity index (χ0v) is 12.6. The Morgan fingerprint density at radius 2 is 2.18 bits per heavy atom. The molecule has 0 spiro atoms. The van der Waals surface area contributed by atoms with Crippen LogP contribution in [0.4, 0.5) is 0 Å². The summed E-state index contributed by atoms with van der Waals surface area (Å²) < 4.78 is 12.8. The lowest BCUT2D eigenvalue weighted by Crippen LogP contribution is -2.50. The van der Waals surface area contributed by atoms with Gasteiger partial charge in [0.1, 0.15) is 12.2 Å². The molecule has 0 aromatic carbocycles. The minimum Gasteiger partial charge on any atom is -0.395 e. The summed E-state index contributed by atoms with van der Waals surface area (Å²) in [6, 6.07) is 0. The molecular weight excluding hydrogens is 290 g/mol. The van der Waals surface area contributed by atoms with Crippen molar-refractivity contribution in [3.05, 3.63) is 11.9 Å². The molecule has 22 heavy (non-hydrogen) atoms. The number of ether oxygens (including phenoxy) is 2. The van der Waals surface area contributed by atoms with Crippen LogP contribution in [0.25, 0.3) is 0 Å². The Labute approximate surface area is 128 Å². The first-order valence-corrected chi connectivity index (χ1v) is 7.60. The highest BCUT2D eigenvalue weighted by Gasteiger charge is 2.46. The molecule has 8 nitrogen and oxygen atoms in total. The van der Waals surface area contributed by atoms with E-state index in [1.54, 1.807) is 11.8 Å². The molecule has 2 heterocycles. The summed E-state index contributed by atoms with van der Waals surface area (Å²) >= 11 is 0. The molecular formula is C14H23N3O5. The lowest BCUT2D eigenvalue weighted by Gasteiger charge is -2.38. The predicted molar refractivity (Wildman–Crippen MR) is 75.2 cm³/mol. The van der Waals surface area contributed by atoms with Gasteiger partial charge >= 0.3 is 0 Å². The number of hydrogen-bond donors (Lipinski definition) is 3. The van der Waals surface area contributed by atoms with Crippen LogP contribution in [0.2, 0.25) is 0 Å². The Morgan fingerprint density at radius 3 is 2.77 bits per heavy atom. The quantitative estimate of drug-likeness (QED) is 0.607. The summed E-state index contributed by atoms with van der Waals surface area (Å²) in [4.78, 5) is 0. The third-order valence-corrected chi connectivity index (χ3v) is 4.76. The van der Waals surface area contributed by atoms with Crippen molar-refractivity contribution in [2.75, 3.05) is 20.3 Å². The van der Waals surface area contributed by atoms with Crippen LogP contribution in [-0.4, -0.2) is 75.1 Å². The summed E-state index contributed by atoms with van der Waals surface area (Å²) in [5.74, 6) is 0. The maximum atomic E-state index is 9.88. The monoisotopic (exact) mass is 313 g/mol. The van der Waals surface area contributed by atoms with Crippen molar-refractivity contribution >= 4 is 0 Å². The topological polar surface area (TPSA) is 110 Å². The van der Waals surface area contributed by atoms with Gasteiger partial charge < -0.3 is 24.8 Å². The average molecular weight is 313 g/mol. The van der Waals surface area contributed by atoms with E-state index in [2.05, 4.69) is 10.3 Å². The van der Waals surface area contributed by atoms with Gasteiger partial charge in [0.25, 0.3) is 0 Å². The zero-order valence-electron chi connectivity index (χ0n) is 12.6. The molecule has 124 valence electrons. The normalized spacial score (nSPS) is 33.8. The molecule has 3 rings (SSSR count). The molecule has 4 atom stereocenters. The van der Waals surface area contributed by atoms with Gasteiger partial charge in [-0.3, -0.25) is 0 Å². The van der Waals surface area contributed by atoms with Gasteiger partial charge in [0.05, 0.1) is 37.7 Å². The fourth-order valence-corrected chi connectivity index (χ4v) is 2.98. The van der Waals surface area contributed by atoms with Crippen LogP contribution in [0.15, 0.2) is 6.20 Å². The van der Waals surface area contributed by atoms with Crippen LogP contribution in [0.1, 0.15) is 25.0 Å². The lowest BCUT2D eigenvalue weighted by atomic mass is 9.98. The van der Waals surface area contributed by atoms with Crippen molar-refractivity contribution in [2.45, 2.75) is 55.6 Å². The predicted octanol–water partition coefficient (Wildman–Crippen LogP) is -1.17. The van der Waals surface area contributed by atoms with Gasteiger partial charge in [0, 0.05) is 25.1 Å². The standard InChI is InChI=1S/C14H23N3O5/c1-21-10-4-9(20)12(7-18)22-11(10)5-17-6-13(15-16-17)14(8-19)2-3-14/h6,9-12,18-20H,2-5,7-8H2,1H3. The van der Waals surface area contributed by atoms with Crippen molar-refractivity contribution in [1.29, 1.82) is 0 Å². The average Bonchev–Trinajstić information content (AvgIpc) is 3.20. The van der Waals surface area contributed by atoms with Gasteiger partial charge in [0.2, 0.25) is 0 Å². The molecule has 1 saturated carbocycles. The first kappa shape index (κ1) is 15.8. The number of nitrogens with zero attached hydrogens (tertiary/aromatic N) is 3. The molecule has 1 aromatic rings. The summed E-state index contributed by atoms with van der Waals surface area (Å²) in [5, 5.41) is 36.8. The number of methoxy groups -OCH3 is 1. The third kappa shape index (κ3) is 2.89. The van der Waals surface area contributed by atoms with E-state index in [0.717, 1.165) is 18.5 Å². The second-order valence-electron chi connectivity index (χ2n) is 6.24. The van der Waals surface area contributed by atoms with E-state index in [0.29, 0.717) is 13.0 Å².